The van der Waals surface area contributed by atoms with Crippen LogP contribution in [0.4, 0.5) is 13.2 Å². The van der Waals surface area contributed by atoms with Gasteiger partial charge in [0.2, 0.25) is 11.8 Å². The lowest BCUT2D eigenvalue weighted by molar-refractivity contribution is -0.192. The van der Waals surface area contributed by atoms with Gasteiger partial charge in [-0.1, -0.05) is 0 Å². The van der Waals surface area contributed by atoms with Gasteiger partial charge in [-0.15, -0.1) is 0 Å². The first kappa shape index (κ1) is 21.5. The molecule has 7 nitrogen and oxygen atoms in total. The molecule has 124 valence electrons. The molecule has 3 N–H and O–H groups in total. The van der Waals surface area contributed by atoms with Gasteiger partial charge in [0.05, 0.1) is 6.04 Å². The minimum absolute atomic E-state index is 0.00740. The highest BCUT2D eigenvalue weighted by atomic mass is 19.4. The number of carboxylic acid groups (broad SMARTS) is 1. The first-order valence-electron chi connectivity index (χ1n) is 5.77. The van der Waals surface area contributed by atoms with E-state index in [0.29, 0.717) is 12.8 Å². The molecule has 0 bridgehead atoms. The second-order valence-electron chi connectivity index (χ2n) is 4.47. The monoisotopic (exact) mass is 315 g/mol. The average Bonchev–Trinajstić information content (AvgIpc) is 2.33. The quantitative estimate of drug-likeness (QED) is 0.754. The van der Waals surface area contributed by atoms with Crippen molar-refractivity contribution < 1.29 is 32.7 Å². The molecule has 0 aromatic heterocycles. The van der Waals surface area contributed by atoms with Crippen LogP contribution in [0.1, 0.15) is 12.8 Å². The zero-order valence-electron chi connectivity index (χ0n) is 12.3. The molecule has 0 fully saturated rings. The fourth-order valence-corrected chi connectivity index (χ4v) is 0.958. The summed E-state index contributed by atoms with van der Waals surface area (Å²) < 4.78 is 31.7. The largest absolute Gasteiger partial charge is 0.490 e. The summed E-state index contributed by atoms with van der Waals surface area (Å²) in [5, 5.41) is 7.12. The Morgan fingerprint density at radius 3 is 1.71 bits per heavy atom. The number of amides is 2. The van der Waals surface area contributed by atoms with E-state index < -0.39 is 18.2 Å². The molecule has 0 aliphatic heterocycles. The van der Waals surface area contributed by atoms with Crippen LogP contribution >= 0.6 is 0 Å². The molecule has 0 unspecified atom stereocenters. The molecule has 10 heteroatoms. The van der Waals surface area contributed by atoms with E-state index in [4.69, 9.17) is 15.6 Å². The van der Waals surface area contributed by atoms with Crippen molar-refractivity contribution in [2.45, 2.75) is 25.1 Å². The number of carbonyl (C=O) groups excluding carboxylic acids is 2. The topological polar surface area (TPSA) is 104 Å². The Bertz CT molecular complexity index is 370. The summed E-state index contributed by atoms with van der Waals surface area (Å²) in [6.45, 7) is 0. The minimum Gasteiger partial charge on any atom is -0.475 e. The molecular formula is C11H20F3N3O4. The lowest BCUT2D eigenvalue weighted by atomic mass is 10.1. The van der Waals surface area contributed by atoms with E-state index in [1.807, 2.05) is 0 Å². The highest BCUT2D eigenvalue weighted by molar-refractivity contribution is 5.82. The van der Waals surface area contributed by atoms with Crippen molar-refractivity contribution in [1.29, 1.82) is 0 Å². The SMILES string of the molecule is CN(C)C(=O)CC[C@H](N)C(=O)N(C)C.O=C(O)C(F)(F)F. The lowest BCUT2D eigenvalue weighted by Crippen LogP contribution is -2.40. The van der Waals surface area contributed by atoms with Crippen molar-refractivity contribution in [2.75, 3.05) is 28.2 Å². The number of hydrogen-bond acceptors (Lipinski definition) is 4. The van der Waals surface area contributed by atoms with Crippen molar-refractivity contribution in [3.05, 3.63) is 0 Å². The molecule has 0 saturated heterocycles. The van der Waals surface area contributed by atoms with Crippen molar-refractivity contribution >= 4 is 17.8 Å². The molecule has 0 aliphatic rings. The lowest BCUT2D eigenvalue weighted by Gasteiger charge is -2.17. The zero-order valence-corrected chi connectivity index (χ0v) is 12.3. The van der Waals surface area contributed by atoms with Gasteiger partial charge in [0.1, 0.15) is 0 Å². The molecule has 0 saturated carbocycles. The summed E-state index contributed by atoms with van der Waals surface area (Å²) in [5.41, 5.74) is 5.60. The number of aliphatic carboxylic acids is 1. The van der Waals surface area contributed by atoms with Crippen molar-refractivity contribution in [2.24, 2.45) is 5.73 Å². The standard InChI is InChI=1S/C9H19N3O2.C2HF3O2/c1-11(2)8(13)6-5-7(10)9(14)12(3)4;3-2(4,5)1(6)7/h7H,5-6,10H2,1-4H3;(H,6,7)/t7-;/m0./s1. The van der Waals surface area contributed by atoms with Crippen LogP contribution in [0.15, 0.2) is 0 Å². The number of nitrogens with zero attached hydrogens (tertiary/aromatic N) is 2. The van der Waals surface area contributed by atoms with E-state index in [1.54, 1.807) is 28.2 Å². The van der Waals surface area contributed by atoms with Crippen molar-refractivity contribution in [1.82, 2.24) is 9.80 Å². The molecule has 0 aliphatic carbocycles. The zero-order chi connectivity index (χ0) is 17.4. The summed E-state index contributed by atoms with van der Waals surface area (Å²) in [5.74, 6) is -2.91. The molecule has 0 aromatic carbocycles. The molecule has 0 radical (unpaired) electrons. The van der Waals surface area contributed by atoms with Crippen LogP contribution in [0.5, 0.6) is 0 Å². The summed E-state index contributed by atoms with van der Waals surface area (Å²) in [4.78, 5) is 34.3. The summed E-state index contributed by atoms with van der Waals surface area (Å²) in [6, 6.07) is -0.575. The smallest absolute Gasteiger partial charge is 0.475 e. The van der Waals surface area contributed by atoms with Gasteiger partial charge < -0.3 is 20.6 Å². The van der Waals surface area contributed by atoms with E-state index >= 15 is 0 Å². The Balaban J connectivity index is 0. The maximum Gasteiger partial charge on any atom is 0.490 e. The van der Waals surface area contributed by atoms with Gasteiger partial charge in [-0.05, 0) is 6.42 Å². The maximum atomic E-state index is 11.3. The highest BCUT2D eigenvalue weighted by Gasteiger charge is 2.38. The van der Waals surface area contributed by atoms with Gasteiger partial charge in [-0.25, -0.2) is 4.79 Å². The Labute approximate surface area is 120 Å². The Hall–Kier alpha value is -1.84. The van der Waals surface area contributed by atoms with E-state index in [0.717, 1.165) is 0 Å². The van der Waals surface area contributed by atoms with Gasteiger partial charge in [0, 0.05) is 34.6 Å². The molecular weight excluding hydrogens is 295 g/mol. The number of nitrogens with two attached hydrogens (primary N) is 1. The summed E-state index contributed by atoms with van der Waals surface area (Å²) in [7, 11) is 6.66. The Morgan fingerprint density at radius 1 is 1.10 bits per heavy atom. The number of rotatable bonds is 4. The predicted octanol–water partition coefficient (Wildman–Crippen LogP) is -0.0964. The number of alkyl halides is 3. The van der Waals surface area contributed by atoms with Crippen LogP contribution in [0, 0.1) is 0 Å². The van der Waals surface area contributed by atoms with E-state index in [-0.39, 0.29) is 11.8 Å². The molecule has 0 rings (SSSR count). The van der Waals surface area contributed by atoms with Gasteiger partial charge in [-0.2, -0.15) is 13.2 Å². The normalized spacial score (nSPS) is 11.8. The van der Waals surface area contributed by atoms with E-state index in [2.05, 4.69) is 0 Å². The number of likely N-dealkylation sites (N-methyl/N-ethyl adjacent to an activating group) is 1. The first-order chi connectivity index (χ1) is 9.30. The maximum absolute atomic E-state index is 11.3. The highest BCUT2D eigenvalue weighted by Crippen LogP contribution is 2.13. The summed E-state index contributed by atoms with van der Waals surface area (Å²) >= 11 is 0. The fraction of sp³-hybridized carbons (Fsp3) is 0.727. The van der Waals surface area contributed by atoms with E-state index in [1.165, 1.54) is 9.80 Å². The number of halogens is 3. The second-order valence-corrected chi connectivity index (χ2v) is 4.47. The number of carbonyl (C=O) groups is 3. The van der Waals surface area contributed by atoms with Crippen LogP contribution < -0.4 is 5.73 Å². The van der Waals surface area contributed by atoms with Crippen molar-refractivity contribution in [3.8, 4) is 0 Å². The Morgan fingerprint density at radius 2 is 1.48 bits per heavy atom. The number of carboxylic acids is 1. The molecule has 1 atom stereocenters. The Kier molecular flexibility index (Phi) is 9.36. The third-order valence-corrected chi connectivity index (χ3v) is 2.17. The molecule has 21 heavy (non-hydrogen) atoms. The van der Waals surface area contributed by atoms with Gasteiger partial charge in [0.15, 0.2) is 0 Å². The first-order valence-corrected chi connectivity index (χ1v) is 5.77. The number of hydrogen-bond donors (Lipinski definition) is 2. The molecule has 0 spiro atoms. The second kappa shape index (κ2) is 9.16. The van der Waals surface area contributed by atoms with Crippen LogP contribution in [-0.2, 0) is 14.4 Å². The minimum atomic E-state index is -5.08. The van der Waals surface area contributed by atoms with E-state index in [9.17, 15) is 22.8 Å². The van der Waals surface area contributed by atoms with Crippen LogP contribution in [0.25, 0.3) is 0 Å². The summed E-state index contributed by atoms with van der Waals surface area (Å²) in [6.07, 6.45) is -4.37. The van der Waals surface area contributed by atoms with Crippen LogP contribution in [0.3, 0.4) is 0 Å². The van der Waals surface area contributed by atoms with Gasteiger partial charge >= 0.3 is 12.1 Å². The third kappa shape index (κ3) is 10.6. The molecule has 0 aromatic rings. The third-order valence-electron chi connectivity index (χ3n) is 2.17. The molecule has 2 amide bonds. The molecule has 0 heterocycles. The van der Waals surface area contributed by atoms with Crippen molar-refractivity contribution in [3.63, 3.8) is 0 Å². The van der Waals surface area contributed by atoms with Gasteiger partial charge in [-0.3, -0.25) is 9.59 Å². The average molecular weight is 315 g/mol. The van der Waals surface area contributed by atoms with Gasteiger partial charge in [0.25, 0.3) is 0 Å². The van der Waals surface area contributed by atoms with Crippen LogP contribution in [0.2, 0.25) is 0 Å². The fourth-order valence-electron chi connectivity index (χ4n) is 0.958. The van der Waals surface area contributed by atoms with Crippen LogP contribution in [-0.4, -0.2) is 73.1 Å². The predicted molar refractivity (Wildman–Crippen MR) is 68.3 cm³/mol.